The maximum absolute atomic E-state index is 12.7. The van der Waals surface area contributed by atoms with Crippen molar-refractivity contribution in [3.8, 4) is 0 Å². The van der Waals surface area contributed by atoms with Crippen molar-refractivity contribution in [3.05, 3.63) is 53.5 Å². The zero-order chi connectivity index (χ0) is 15.0. The number of nitrogens with two attached hydrogens (primary N) is 1. The van der Waals surface area contributed by atoms with E-state index >= 15 is 0 Å². The number of benzene rings is 1. The second kappa shape index (κ2) is 4.94. The minimum Gasteiger partial charge on any atom is -0.307 e. The smallest absolute Gasteiger partial charge is 0.190 e. The van der Waals surface area contributed by atoms with Crippen LogP contribution in [0.25, 0.3) is 6.08 Å². The van der Waals surface area contributed by atoms with E-state index in [0.717, 1.165) is 5.56 Å². The van der Waals surface area contributed by atoms with Crippen LogP contribution in [-0.4, -0.2) is 18.4 Å². The van der Waals surface area contributed by atoms with Crippen LogP contribution in [0.15, 0.2) is 41.4 Å². The molecule has 0 radical (unpaired) electrons. The molecule has 0 saturated heterocycles. The highest BCUT2D eigenvalue weighted by molar-refractivity contribution is 7.91. The second-order valence-corrected chi connectivity index (χ2v) is 6.88. The Morgan fingerprint density at radius 2 is 1.95 bits per heavy atom. The van der Waals surface area contributed by atoms with Crippen molar-refractivity contribution < 1.29 is 8.42 Å². The lowest BCUT2D eigenvalue weighted by atomic mass is 10.2. The average Bonchev–Trinajstić information content (AvgIpc) is 2.91. The molecule has 1 aromatic carbocycles. The van der Waals surface area contributed by atoms with Crippen molar-refractivity contribution in [2.24, 2.45) is 5.84 Å². The number of aromatic nitrogens is 2. The van der Waals surface area contributed by atoms with E-state index in [1.165, 1.54) is 6.20 Å². The summed E-state index contributed by atoms with van der Waals surface area (Å²) >= 11 is 0. The quantitative estimate of drug-likeness (QED) is 0.660. The number of nitrogens with zero attached hydrogens (tertiary/aromatic N) is 2. The zero-order valence-electron chi connectivity index (χ0n) is 11.3. The van der Waals surface area contributed by atoms with Crippen molar-refractivity contribution in [2.45, 2.75) is 17.1 Å². The van der Waals surface area contributed by atoms with Gasteiger partial charge in [-0.1, -0.05) is 23.8 Å². The van der Waals surface area contributed by atoms with Crippen LogP contribution >= 0.6 is 0 Å². The summed E-state index contributed by atoms with van der Waals surface area (Å²) in [5, 5.41) is -0.811. The number of aryl methyl sites for hydroxylation is 1. The van der Waals surface area contributed by atoms with Crippen molar-refractivity contribution in [3.63, 3.8) is 0 Å². The molecule has 21 heavy (non-hydrogen) atoms. The molecule has 3 N–H and O–H groups in total. The van der Waals surface area contributed by atoms with Crippen molar-refractivity contribution in [2.75, 3.05) is 5.43 Å². The molecule has 6 nitrogen and oxygen atoms in total. The van der Waals surface area contributed by atoms with Gasteiger partial charge in [0.25, 0.3) is 0 Å². The molecule has 0 aliphatic heterocycles. The Bertz CT molecular complexity index is 813. The van der Waals surface area contributed by atoms with E-state index in [-0.39, 0.29) is 4.90 Å². The first-order chi connectivity index (χ1) is 10.0. The van der Waals surface area contributed by atoms with Gasteiger partial charge in [0, 0.05) is 0 Å². The van der Waals surface area contributed by atoms with E-state index in [0.29, 0.717) is 17.2 Å². The predicted octanol–water partition coefficient (Wildman–Crippen LogP) is 1.61. The van der Waals surface area contributed by atoms with E-state index in [9.17, 15) is 8.42 Å². The third-order valence-corrected chi connectivity index (χ3v) is 5.34. The lowest BCUT2D eigenvalue weighted by Gasteiger charge is -2.12. The van der Waals surface area contributed by atoms with Crippen molar-refractivity contribution in [1.82, 2.24) is 9.97 Å². The summed E-state index contributed by atoms with van der Waals surface area (Å²) in [6.45, 7) is 1.91. The molecular formula is C14H14N4O2S. The molecule has 1 aliphatic carbocycles. The number of nitrogens with one attached hydrogen (secondary N) is 1. The van der Waals surface area contributed by atoms with Gasteiger partial charge in [-0.3, -0.25) is 4.98 Å². The van der Waals surface area contributed by atoms with E-state index in [1.807, 2.05) is 6.92 Å². The normalized spacial score (nSPS) is 16.8. The number of hydrogen-bond donors (Lipinski definition) is 2. The van der Waals surface area contributed by atoms with Crippen molar-refractivity contribution in [1.29, 1.82) is 0 Å². The van der Waals surface area contributed by atoms with Crippen LogP contribution in [-0.2, 0) is 9.84 Å². The molecule has 0 fully saturated rings. The van der Waals surface area contributed by atoms with E-state index in [1.54, 1.807) is 36.4 Å². The first-order valence-corrected chi connectivity index (χ1v) is 7.89. The minimum atomic E-state index is -3.53. The molecule has 3 rings (SSSR count). The number of rotatable bonds is 3. The van der Waals surface area contributed by atoms with Crippen LogP contribution in [0.5, 0.6) is 0 Å². The zero-order valence-corrected chi connectivity index (χ0v) is 12.1. The van der Waals surface area contributed by atoms with Crippen LogP contribution in [0.3, 0.4) is 0 Å². The molecule has 0 spiro atoms. The fourth-order valence-electron chi connectivity index (χ4n) is 2.22. The van der Waals surface area contributed by atoms with Gasteiger partial charge in [-0.25, -0.2) is 19.2 Å². The predicted molar refractivity (Wildman–Crippen MR) is 80.0 cm³/mol. The van der Waals surface area contributed by atoms with Gasteiger partial charge < -0.3 is 5.43 Å². The fraction of sp³-hybridized carbons (Fsp3) is 0.143. The highest BCUT2D eigenvalue weighted by atomic mass is 32.2. The Morgan fingerprint density at radius 3 is 2.62 bits per heavy atom. The Morgan fingerprint density at radius 1 is 1.24 bits per heavy atom. The molecule has 1 unspecified atom stereocenters. The van der Waals surface area contributed by atoms with Crippen LogP contribution in [0.1, 0.15) is 22.2 Å². The van der Waals surface area contributed by atoms with E-state index in [4.69, 9.17) is 5.84 Å². The molecule has 0 saturated carbocycles. The van der Waals surface area contributed by atoms with E-state index in [2.05, 4.69) is 15.4 Å². The number of hydrogen-bond acceptors (Lipinski definition) is 6. The molecule has 1 heterocycles. The SMILES string of the molecule is Cc1ccc(S(=O)(=O)C2C=Cc3nc(NN)cnc32)cc1. The van der Waals surface area contributed by atoms with Gasteiger partial charge >= 0.3 is 0 Å². The van der Waals surface area contributed by atoms with Gasteiger partial charge in [-0.15, -0.1) is 0 Å². The largest absolute Gasteiger partial charge is 0.307 e. The second-order valence-electron chi connectivity index (χ2n) is 4.81. The van der Waals surface area contributed by atoms with Crippen LogP contribution in [0.2, 0.25) is 0 Å². The third-order valence-electron chi connectivity index (χ3n) is 3.36. The molecule has 108 valence electrons. The molecule has 2 aromatic rings. The highest BCUT2D eigenvalue weighted by Crippen LogP contribution is 2.35. The van der Waals surface area contributed by atoms with Crippen LogP contribution in [0.4, 0.5) is 5.82 Å². The topological polar surface area (TPSA) is 98.0 Å². The molecule has 1 aliphatic rings. The van der Waals surface area contributed by atoms with E-state index < -0.39 is 15.1 Å². The first kappa shape index (κ1) is 13.7. The molecule has 1 atom stereocenters. The molecular weight excluding hydrogens is 288 g/mol. The number of nitrogen functional groups attached to an aromatic ring is 1. The maximum atomic E-state index is 12.7. The Hall–Kier alpha value is -2.25. The molecule has 1 aromatic heterocycles. The van der Waals surface area contributed by atoms with Gasteiger partial charge in [0.1, 0.15) is 5.25 Å². The first-order valence-electron chi connectivity index (χ1n) is 6.34. The molecule has 0 bridgehead atoms. The average molecular weight is 302 g/mol. The Labute approximate surface area is 122 Å². The van der Waals surface area contributed by atoms with Gasteiger partial charge in [0.2, 0.25) is 0 Å². The van der Waals surface area contributed by atoms with Gasteiger partial charge in [-0.2, -0.15) is 0 Å². The van der Waals surface area contributed by atoms with Crippen LogP contribution < -0.4 is 11.3 Å². The molecule has 7 heteroatoms. The van der Waals surface area contributed by atoms with Gasteiger partial charge in [0.15, 0.2) is 15.7 Å². The summed E-state index contributed by atoms with van der Waals surface area (Å²) in [7, 11) is -3.53. The van der Waals surface area contributed by atoms with Crippen LogP contribution in [0, 0.1) is 6.92 Å². The number of fused-ring (bicyclic) bond motifs is 1. The fourth-order valence-corrected chi connectivity index (χ4v) is 3.79. The molecule has 0 amide bonds. The maximum Gasteiger partial charge on any atom is 0.190 e. The lowest BCUT2D eigenvalue weighted by molar-refractivity contribution is 0.589. The summed E-state index contributed by atoms with van der Waals surface area (Å²) in [5.74, 6) is 5.67. The highest BCUT2D eigenvalue weighted by Gasteiger charge is 2.33. The third kappa shape index (κ3) is 2.30. The standard InChI is InChI=1S/C14H14N4O2S/c1-9-2-4-10(5-3-9)21(19,20)12-7-6-11-14(12)16-8-13(17-11)18-15/h2-8,12H,15H2,1H3,(H,17,18). The summed E-state index contributed by atoms with van der Waals surface area (Å²) in [5.41, 5.74) is 4.35. The summed E-state index contributed by atoms with van der Waals surface area (Å²) in [6, 6.07) is 6.78. The summed E-state index contributed by atoms with van der Waals surface area (Å²) < 4.78 is 25.4. The van der Waals surface area contributed by atoms with Gasteiger partial charge in [-0.05, 0) is 25.1 Å². The van der Waals surface area contributed by atoms with Gasteiger partial charge in [0.05, 0.1) is 22.5 Å². The monoisotopic (exact) mass is 302 g/mol. The number of sulfone groups is 1. The summed E-state index contributed by atoms with van der Waals surface area (Å²) in [6.07, 6.45) is 4.67. The number of hydrazine groups is 1. The summed E-state index contributed by atoms with van der Waals surface area (Å²) in [4.78, 5) is 8.64. The Balaban J connectivity index is 2.04. The lowest BCUT2D eigenvalue weighted by Crippen LogP contribution is -2.14. The minimum absolute atomic E-state index is 0.276. The Kier molecular flexibility index (Phi) is 3.23. The van der Waals surface area contributed by atoms with Crippen molar-refractivity contribution >= 4 is 21.7 Å². The number of anilines is 1.